The zero-order valence-corrected chi connectivity index (χ0v) is 16.2. The number of nitrogens with zero attached hydrogens (tertiary/aromatic N) is 1. The number of carbonyl (C=O) groups excluding carboxylic acids is 1. The van der Waals surface area contributed by atoms with Gasteiger partial charge in [-0.05, 0) is 34.7 Å². The van der Waals surface area contributed by atoms with E-state index in [0.29, 0.717) is 21.4 Å². The Balaban J connectivity index is 1.76. The molecule has 2 aromatic carbocycles. The van der Waals surface area contributed by atoms with E-state index < -0.39 is 0 Å². The van der Waals surface area contributed by atoms with Crippen LogP contribution >= 0.6 is 23.2 Å². The maximum Gasteiger partial charge on any atom is 0.258 e. The van der Waals surface area contributed by atoms with Crippen LogP contribution in [0, 0.1) is 0 Å². The SMILES string of the molecule is CC(C)(C)c1ccc(-c2cc(NC(=O)c3ccc(Cl)cc3Cl)n[nH]2)cc1. The van der Waals surface area contributed by atoms with Crippen LogP contribution in [-0.4, -0.2) is 16.1 Å². The summed E-state index contributed by atoms with van der Waals surface area (Å²) in [6.45, 7) is 6.52. The average molecular weight is 388 g/mol. The molecule has 0 saturated heterocycles. The molecule has 0 spiro atoms. The van der Waals surface area contributed by atoms with E-state index in [1.807, 2.05) is 12.1 Å². The minimum Gasteiger partial charge on any atom is -0.305 e. The van der Waals surface area contributed by atoms with Crippen LogP contribution < -0.4 is 5.32 Å². The molecule has 2 N–H and O–H groups in total. The number of carbonyl (C=O) groups is 1. The number of nitrogens with one attached hydrogen (secondary N) is 2. The van der Waals surface area contributed by atoms with Crippen LogP contribution in [-0.2, 0) is 5.41 Å². The predicted molar refractivity (Wildman–Crippen MR) is 107 cm³/mol. The lowest BCUT2D eigenvalue weighted by atomic mass is 9.86. The summed E-state index contributed by atoms with van der Waals surface area (Å²) in [7, 11) is 0. The fourth-order valence-corrected chi connectivity index (χ4v) is 3.04. The molecule has 1 amide bonds. The number of H-pyrrole nitrogens is 1. The summed E-state index contributed by atoms with van der Waals surface area (Å²) in [6, 6.07) is 14.8. The first-order chi connectivity index (χ1) is 12.2. The van der Waals surface area contributed by atoms with Crippen molar-refractivity contribution in [2.45, 2.75) is 26.2 Å². The molecule has 134 valence electrons. The van der Waals surface area contributed by atoms with Crippen molar-refractivity contribution in [2.75, 3.05) is 5.32 Å². The van der Waals surface area contributed by atoms with E-state index in [-0.39, 0.29) is 11.3 Å². The van der Waals surface area contributed by atoms with Gasteiger partial charge in [-0.15, -0.1) is 0 Å². The molecule has 1 aromatic heterocycles. The molecule has 1 heterocycles. The van der Waals surface area contributed by atoms with Crippen molar-refractivity contribution in [3.63, 3.8) is 0 Å². The van der Waals surface area contributed by atoms with Crippen molar-refractivity contribution in [3.05, 3.63) is 69.7 Å². The smallest absolute Gasteiger partial charge is 0.258 e. The van der Waals surface area contributed by atoms with E-state index in [2.05, 4.69) is 48.4 Å². The molecule has 0 unspecified atom stereocenters. The van der Waals surface area contributed by atoms with Crippen molar-refractivity contribution in [3.8, 4) is 11.3 Å². The van der Waals surface area contributed by atoms with Gasteiger partial charge in [-0.1, -0.05) is 68.2 Å². The number of halogens is 2. The summed E-state index contributed by atoms with van der Waals surface area (Å²) >= 11 is 11.9. The van der Waals surface area contributed by atoms with Gasteiger partial charge >= 0.3 is 0 Å². The molecular weight excluding hydrogens is 369 g/mol. The molecule has 0 fully saturated rings. The molecule has 0 aliphatic heterocycles. The van der Waals surface area contributed by atoms with Gasteiger partial charge in [0.1, 0.15) is 0 Å². The third-order valence-electron chi connectivity index (χ3n) is 4.06. The fourth-order valence-electron chi connectivity index (χ4n) is 2.54. The first-order valence-corrected chi connectivity index (χ1v) is 8.92. The maximum atomic E-state index is 12.4. The van der Waals surface area contributed by atoms with Gasteiger partial charge in [0.15, 0.2) is 5.82 Å². The number of benzene rings is 2. The van der Waals surface area contributed by atoms with Crippen LogP contribution in [0.2, 0.25) is 10.0 Å². The quantitative estimate of drug-likeness (QED) is 0.584. The van der Waals surface area contributed by atoms with Gasteiger partial charge in [0.25, 0.3) is 5.91 Å². The van der Waals surface area contributed by atoms with Crippen molar-refractivity contribution in [2.24, 2.45) is 0 Å². The van der Waals surface area contributed by atoms with E-state index in [9.17, 15) is 4.79 Å². The lowest BCUT2D eigenvalue weighted by Gasteiger charge is -2.18. The second kappa shape index (κ2) is 7.14. The molecule has 26 heavy (non-hydrogen) atoms. The van der Waals surface area contributed by atoms with E-state index in [1.165, 1.54) is 11.6 Å². The van der Waals surface area contributed by atoms with Gasteiger partial charge in [-0.3, -0.25) is 9.89 Å². The summed E-state index contributed by atoms with van der Waals surface area (Å²) in [5.74, 6) is 0.0868. The number of amides is 1. The van der Waals surface area contributed by atoms with E-state index in [4.69, 9.17) is 23.2 Å². The molecule has 4 nitrogen and oxygen atoms in total. The Morgan fingerprint density at radius 3 is 2.35 bits per heavy atom. The normalized spacial score (nSPS) is 11.4. The number of aromatic nitrogens is 2. The van der Waals surface area contributed by atoms with Gasteiger partial charge in [0.2, 0.25) is 0 Å². The van der Waals surface area contributed by atoms with Crippen molar-refractivity contribution >= 4 is 34.9 Å². The Bertz CT molecular complexity index is 940. The molecular formula is C20H19Cl2N3O. The molecule has 3 aromatic rings. The monoisotopic (exact) mass is 387 g/mol. The standard InChI is InChI=1S/C20H19Cl2N3O/c1-20(2,3)13-6-4-12(5-7-13)17-11-18(25-24-17)23-19(26)15-9-8-14(21)10-16(15)22/h4-11H,1-3H3,(H2,23,24,25,26). The Morgan fingerprint density at radius 1 is 1.04 bits per heavy atom. The lowest BCUT2D eigenvalue weighted by Crippen LogP contribution is -2.12. The lowest BCUT2D eigenvalue weighted by molar-refractivity contribution is 0.102. The first-order valence-electron chi connectivity index (χ1n) is 8.17. The predicted octanol–water partition coefficient (Wildman–Crippen LogP) is 5.93. The van der Waals surface area contributed by atoms with Crippen LogP contribution in [0.1, 0.15) is 36.7 Å². The molecule has 6 heteroatoms. The van der Waals surface area contributed by atoms with E-state index in [0.717, 1.165) is 11.3 Å². The summed E-state index contributed by atoms with van der Waals surface area (Å²) in [4.78, 5) is 12.4. The van der Waals surface area contributed by atoms with Crippen molar-refractivity contribution < 1.29 is 4.79 Å². The van der Waals surface area contributed by atoms with Gasteiger partial charge in [0.05, 0.1) is 16.3 Å². The third-order valence-corrected chi connectivity index (χ3v) is 4.60. The molecule has 0 radical (unpaired) electrons. The second-order valence-corrected chi connectivity index (χ2v) is 7.92. The largest absolute Gasteiger partial charge is 0.305 e. The fraction of sp³-hybridized carbons (Fsp3) is 0.200. The van der Waals surface area contributed by atoms with Crippen molar-refractivity contribution in [1.82, 2.24) is 10.2 Å². The minimum absolute atomic E-state index is 0.101. The number of rotatable bonds is 3. The Kier molecular flexibility index (Phi) is 5.08. The second-order valence-electron chi connectivity index (χ2n) is 7.07. The highest BCUT2D eigenvalue weighted by Gasteiger charge is 2.15. The summed E-state index contributed by atoms with van der Waals surface area (Å²) in [5, 5.41) is 10.6. The Morgan fingerprint density at radius 2 is 1.73 bits per heavy atom. The highest BCUT2D eigenvalue weighted by molar-refractivity contribution is 6.37. The summed E-state index contributed by atoms with van der Waals surface area (Å²) < 4.78 is 0. The van der Waals surface area contributed by atoms with E-state index in [1.54, 1.807) is 18.2 Å². The van der Waals surface area contributed by atoms with Crippen LogP contribution in [0.3, 0.4) is 0 Å². The molecule has 0 aliphatic carbocycles. The number of aromatic amines is 1. The topological polar surface area (TPSA) is 57.8 Å². The highest BCUT2D eigenvalue weighted by atomic mass is 35.5. The average Bonchev–Trinajstić information content (AvgIpc) is 3.02. The van der Waals surface area contributed by atoms with Gasteiger partial charge in [-0.2, -0.15) is 5.10 Å². The highest BCUT2D eigenvalue weighted by Crippen LogP contribution is 2.27. The molecule has 0 atom stereocenters. The molecule has 0 saturated carbocycles. The zero-order valence-electron chi connectivity index (χ0n) is 14.7. The van der Waals surface area contributed by atoms with Gasteiger partial charge in [-0.25, -0.2) is 0 Å². The number of hydrogen-bond donors (Lipinski definition) is 2. The maximum absolute atomic E-state index is 12.4. The summed E-state index contributed by atoms with van der Waals surface area (Å²) in [5.41, 5.74) is 3.52. The molecule has 3 rings (SSSR count). The molecule has 0 bridgehead atoms. The zero-order chi connectivity index (χ0) is 18.9. The number of anilines is 1. The third kappa shape index (κ3) is 4.09. The first kappa shape index (κ1) is 18.5. The van der Waals surface area contributed by atoms with Crippen molar-refractivity contribution in [1.29, 1.82) is 0 Å². The Labute approximate surface area is 162 Å². The van der Waals surface area contributed by atoms with Gasteiger partial charge < -0.3 is 5.32 Å². The van der Waals surface area contributed by atoms with Crippen LogP contribution in [0.5, 0.6) is 0 Å². The van der Waals surface area contributed by atoms with Crippen LogP contribution in [0.25, 0.3) is 11.3 Å². The number of hydrogen-bond acceptors (Lipinski definition) is 2. The molecule has 0 aliphatic rings. The summed E-state index contributed by atoms with van der Waals surface area (Å²) in [6.07, 6.45) is 0. The minimum atomic E-state index is -0.340. The van der Waals surface area contributed by atoms with E-state index >= 15 is 0 Å². The van der Waals surface area contributed by atoms with Gasteiger partial charge in [0, 0.05) is 11.1 Å². The van der Waals surface area contributed by atoms with Crippen LogP contribution in [0.4, 0.5) is 5.82 Å². The van der Waals surface area contributed by atoms with Crippen LogP contribution in [0.15, 0.2) is 48.5 Å². The Hall–Kier alpha value is -2.30.